The number of hydrogen-bond acceptors (Lipinski definition) is 2. The molecule has 1 heterocycles. The van der Waals surface area contributed by atoms with Crippen molar-refractivity contribution in [2.45, 2.75) is 11.3 Å². The Bertz CT molecular complexity index is 293. The van der Waals surface area contributed by atoms with Gasteiger partial charge in [-0.15, -0.1) is 24.2 Å². The minimum atomic E-state index is -0.163. The van der Waals surface area contributed by atoms with Crippen LogP contribution in [0.4, 0.5) is 10.1 Å². The lowest BCUT2D eigenvalue weighted by Crippen LogP contribution is -1.99. The number of fused-ring (bicyclic) bond motifs is 1. The predicted molar refractivity (Wildman–Crippen MR) is 57.5 cm³/mol. The van der Waals surface area contributed by atoms with Gasteiger partial charge >= 0.3 is 0 Å². The van der Waals surface area contributed by atoms with Crippen molar-refractivity contribution in [1.82, 2.24) is 0 Å². The SMILES string of the molecule is Cl.Fc1ccc2c(c1)NCCCS2. The Morgan fingerprint density at radius 3 is 3.08 bits per heavy atom. The molecule has 1 aliphatic heterocycles. The average molecular weight is 220 g/mol. The third-order valence-corrected chi connectivity index (χ3v) is 3.00. The molecule has 2 rings (SSSR count). The molecule has 1 N–H and O–H groups in total. The van der Waals surface area contributed by atoms with Crippen molar-refractivity contribution in [2.24, 2.45) is 0 Å². The monoisotopic (exact) mass is 219 g/mol. The van der Waals surface area contributed by atoms with Crippen LogP contribution in [0.1, 0.15) is 6.42 Å². The average Bonchev–Trinajstić information content (AvgIpc) is 2.28. The van der Waals surface area contributed by atoms with Crippen LogP contribution in [0, 0.1) is 5.82 Å². The van der Waals surface area contributed by atoms with Crippen LogP contribution in [-0.2, 0) is 0 Å². The quantitative estimate of drug-likeness (QED) is 0.720. The van der Waals surface area contributed by atoms with E-state index in [9.17, 15) is 4.39 Å². The molecule has 1 nitrogen and oxygen atoms in total. The van der Waals surface area contributed by atoms with E-state index < -0.39 is 0 Å². The van der Waals surface area contributed by atoms with Gasteiger partial charge in [-0.1, -0.05) is 0 Å². The molecule has 0 radical (unpaired) electrons. The van der Waals surface area contributed by atoms with Crippen LogP contribution >= 0.6 is 24.2 Å². The molecule has 1 aromatic carbocycles. The van der Waals surface area contributed by atoms with Gasteiger partial charge < -0.3 is 5.32 Å². The Hall–Kier alpha value is -0.410. The highest BCUT2D eigenvalue weighted by Crippen LogP contribution is 2.30. The summed E-state index contributed by atoms with van der Waals surface area (Å²) < 4.78 is 12.8. The molecule has 4 heteroatoms. The summed E-state index contributed by atoms with van der Waals surface area (Å²) in [6.45, 7) is 0.948. The summed E-state index contributed by atoms with van der Waals surface area (Å²) in [7, 11) is 0. The van der Waals surface area contributed by atoms with Gasteiger partial charge in [0.2, 0.25) is 0 Å². The molecule has 72 valence electrons. The first-order valence-corrected chi connectivity index (χ1v) is 5.01. The molecule has 0 aromatic heterocycles. The molecular formula is C9H11ClFNS. The molecule has 0 amide bonds. The van der Waals surface area contributed by atoms with Gasteiger partial charge in [0.1, 0.15) is 5.82 Å². The molecule has 1 aliphatic rings. The summed E-state index contributed by atoms with van der Waals surface area (Å²) in [5.74, 6) is 0.954. The number of anilines is 1. The van der Waals surface area contributed by atoms with E-state index in [4.69, 9.17) is 0 Å². The minimum absolute atomic E-state index is 0. The van der Waals surface area contributed by atoms with Gasteiger partial charge in [0.25, 0.3) is 0 Å². The topological polar surface area (TPSA) is 12.0 Å². The molecule has 0 saturated heterocycles. The first-order valence-electron chi connectivity index (χ1n) is 4.02. The van der Waals surface area contributed by atoms with Crippen LogP contribution in [0.15, 0.2) is 23.1 Å². The predicted octanol–water partition coefficient (Wildman–Crippen LogP) is 3.16. The number of nitrogens with one attached hydrogen (secondary N) is 1. The van der Waals surface area contributed by atoms with Crippen molar-refractivity contribution in [3.63, 3.8) is 0 Å². The Kier molecular flexibility index (Phi) is 3.88. The van der Waals surface area contributed by atoms with Crippen LogP contribution < -0.4 is 5.32 Å². The Morgan fingerprint density at radius 2 is 2.23 bits per heavy atom. The molecule has 0 aliphatic carbocycles. The molecule has 0 fully saturated rings. The van der Waals surface area contributed by atoms with Gasteiger partial charge in [-0.3, -0.25) is 0 Å². The van der Waals surface area contributed by atoms with E-state index in [1.54, 1.807) is 17.8 Å². The van der Waals surface area contributed by atoms with Crippen molar-refractivity contribution in [3.05, 3.63) is 24.0 Å². The number of hydrogen-bond donors (Lipinski definition) is 1. The maximum Gasteiger partial charge on any atom is 0.125 e. The zero-order valence-corrected chi connectivity index (χ0v) is 8.68. The van der Waals surface area contributed by atoms with Crippen molar-refractivity contribution >= 4 is 29.9 Å². The van der Waals surface area contributed by atoms with Crippen molar-refractivity contribution < 1.29 is 4.39 Å². The highest BCUT2D eigenvalue weighted by Gasteiger charge is 2.07. The molecular weight excluding hydrogens is 209 g/mol. The van der Waals surface area contributed by atoms with Crippen molar-refractivity contribution in [2.75, 3.05) is 17.6 Å². The van der Waals surface area contributed by atoms with E-state index in [1.165, 1.54) is 6.07 Å². The summed E-state index contributed by atoms with van der Waals surface area (Å²) in [5, 5.41) is 3.21. The molecule has 0 saturated carbocycles. The second-order valence-electron chi connectivity index (χ2n) is 2.77. The van der Waals surface area contributed by atoms with Crippen LogP contribution in [0.3, 0.4) is 0 Å². The summed E-state index contributed by atoms with van der Waals surface area (Å²) in [6.07, 6.45) is 1.14. The fourth-order valence-corrected chi connectivity index (χ4v) is 2.20. The Labute approximate surface area is 87.5 Å². The van der Waals surface area contributed by atoms with E-state index in [-0.39, 0.29) is 18.2 Å². The minimum Gasteiger partial charge on any atom is -0.384 e. The first kappa shape index (κ1) is 10.7. The molecule has 0 bridgehead atoms. The zero-order chi connectivity index (χ0) is 8.39. The van der Waals surface area contributed by atoms with Crippen LogP contribution in [0.5, 0.6) is 0 Å². The Balaban J connectivity index is 0.000000845. The van der Waals surface area contributed by atoms with Gasteiger partial charge in [-0.2, -0.15) is 0 Å². The molecule has 13 heavy (non-hydrogen) atoms. The lowest BCUT2D eigenvalue weighted by atomic mass is 10.3. The van der Waals surface area contributed by atoms with E-state index >= 15 is 0 Å². The second kappa shape index (κ2) is 4.72. The van der Waals surface area contributed by atoms with E-state index in [2.05, 4.69) is 5.32 Å². The van der Waals surface area contributed by atoms with Crippen LogP contribution in [-0.4, -0.2) is 12.3 Å². The molecule has 0 unspecified atom stereocenters. The van der Waals surface area contributed by atoms with E-state index in [1.807, 2.05) is 6.07 Å². The fraction of sp³-hybridized carbons (Fsp3) is 0.333. The normalized spacial score (nSPS) is 14.8. The summed E-state index contributed by atoms with van der Waals surface area (Å²) in [6, 6.07) is 4.92. The smallest absolute Gasteiger partial charge is 0.125 e. The van der Waals surface area contributed by atoms with Gasteiger partial charge in [0, 0.05) is 11.4 Å². The van der Waals surface area contributed by atoms with Crippen molar-refractivity contribution in [3.8, 4) is 0 Å². The number of benzene rings is 1. The van der Waals surface area contributed by atoms with Gasteiger partial charge in [0.15, 0.2) is 0 Å². The summed E-state index contributed by atoms with van der Waals surface area (Å²) in [5.41, 5.74) is 0.942. The number of halogens is 2. The number of thioether (sulfide) groups is 1. The lowest BCUT2D eigenvalue weighted by molar-refractivity contribution is 0.627. The first-order chi connectivity index (χ1) is 5.86. The highest BCUT2D eigenvalue weighted by molar-refractivity contribution is 7.99. The molecule has 0 atom stereocenters. The third-order valence-electron chi connectivity index (χ3n) is 1.84. The zero-order valence-electron chi connectivity index (χ0n) is 7.05. The van der Waals surface area contributed by atoms with E-state index in [0.717, 1.165) is 29.3 Å². The van der Waals surface area contributed by atoms with Gasteiger partial charge in [0.05, 0.1) is 5.69 Å². The lowest BCUT2D eigenvalue weighted by Gasteiger charge is -2.05. The van der Waals surface area contributed by atoms with Gasteiger partial charge in [-0.05, 0) is 30.4 Å². The fourth-order valence-electron chi connectivity index (χ4n) is 1.24. The standard InChI is InChI=1S/C9H10FNS.ClH/c10-7-2-3-9-8(6-7)11-4-1-5-12-9;/h2-3,6,11H,1,4-5H2;1H. The van der Waals surface area contributed by atoms with Crippen molar-refractivity contribution in [1.29, 1.82) is 0 Å². The summed E-state index contributed by atoms with van der Waals surface area (Å²) in [4.78, 5) is 1.16. The van der Waals surface area contributed by atoms with Gasteiger partial charge in [-0.25, -0.2) is 4.39 Å². The maximum atomic E-state index is 12.8. The van der Waals surface area contributed by atoms with E-state index in [0.29, 0.717) is 0 Å². The summed E-state index contributed by atoms with van der Waals surface area (Å²) >= 11 is 1.79. The molecule has 0 spiro atoms. The number of rotatable bonds is 0. The van der Waals surface area contributed by atoms with Crippen LogP contribution in [0.2, 0.25) is 0 Å². The third kappa shape index (κ3) is 2.51. The largest absolute Gasteiger partial charge is 0.384 e. The second-order valence-corrected chi connectivity index (χ2v) is 3.91. The molecule has 1 aromatic rings. The van der Waals surface area contributed by atoms with Crippen LogP contribution in [0.25, 0.3) is 0 Å². The maximum absolute atomic E-state index is 12.8. The Morgan fingerprint density at radius 1 is 1.38 bits per heavy atom. The highest BCUT2D eigenvalue weighted by atomic mass is 35.5.